The minimum atomic E-state index is 0.303. The molecule has 2 N–H and O–H groups in total. The van der Waals surface area contributed by atoms with Crippen molar-refractivity contribution in [3.8, 4) is 0 Å². The van der Waals surface area contributed by atoms with Gasteiger partial charge < -0.3 is 5.73 Å². The summed E-state index contributed by atoms with van der Waals surface area (Å²) in [6.45, 7) is 0. The molecule has 0 amide bonds. The van der Waals surface area contributed by atoms with Crippen LogP contribution in [0.2, 0.25) is 5.02 Å². The standard InChI is InChI=1S/C15H22ClN/c16-14-8-5-13(6-9-14)11-15(17)10-7-12-3-1-2-4-12/h5-6,8-9,12,15H,1-4,7,10-11,17H2. The first-order valence-corrected chi connectivity index (χ1v) is 7.12. The van der Waals surface area contributed by atoms with Crippen molar-refractivity contribution in [2.24, 2.45) is 11.7 Å². The highest BCUT2D eigenvalue weighted by Crippen LogP contribution is 2.29. The minimum absolute atomic E-state index is 0.303. The van der Waals surface area contributed by atoms with E-state index in [-0.39, 0.29) is 0 Å². The monoisotopic (exact) mass is 251 g/mol. The molecule has 1 aromatic carbocycles. The lowest BCUT2D eigenvalue weighted by Crippen LogP contribution is -2.23. The van der Waals surface area contributed by atoms with Gasteiger partial charge in [0.15, 0.2) is 0 Å². The fraction of sp³-hybridized carbons (Fsp3) is 0.600. The van der Waals surface area contributed by atoms with Crippen LogP contribution < -0.4 is 5.73 Å². The predicted octanol–water partition coefficient (Wildman–Crippen LogP) is 4.18. The van der Waals surface area contributed by atoms with Crippen LogP contribution in [0.1, 0.15) is 44.1 Å². The van der Waals surface area contributed by atoms with Crippen molar-refractivity contribution in [2.75, 3.05) is 0 Å². The summed E-state index contributed by atoms with van der Waals surface area (Å²) in [4.78, 5) is 0. The summed E-state index contributed by atoms with van der Waals surface area (Å²) in [6.07, 6.45) is 9.15. The maximum absolute atomic E-state index is 6.19. The van der Waals surface area contributed by atoms with Gasteiger partial charge in [0, 0.05) is 11.1 Å². The van der Waals surface area contributed by atoms with E-state index in [2.05, 4.69) is 12.1 Å². The van der Waals surface area contributed by atoms with Crippen LogP contribution in [0.3, 0.4) is 0 Å². The lowest BCUT2D eigenvalue weighted by atomic mass is 9.96. The molecular weight excluding hydrogens is 230 g/mol. The maximum atomic E-state index is 6.19. The molecule has 1 atom stereocenters. The van der Waals surface area contributed by atoms with E-state index < -0.39 is 0 Å². The van der Waals surface area contributed by atoms with E-state index in [0.717, 1.165) is 23.8 Å². The van der Waals surface area contributed by atoms with Gasteiger partial charge in [-0.15, -0.1) is 0 Å². The highest BCUT2D eigenvalue weighted by molar-refractivity contribution is 6.30. The molecule has 1 aromatic rings. The molecule has 0 radical (unpaired) electrons. The van der Waals surface area contributed by atoms with Crippen LogP contribution in [-0.2, 0) is 6.42 Å². The van der Waals surface area contributed by atoms with Gasteiger partial charge in [0.2, 0.25) is 0 Å². The van der Waals surface area contributed by atoms with Crippen LogP contribution >= 0.6 is 11.6 Å². The average Bonchev–Trinajstić information content (AvgIpc) is 2.83. The topological polar surface area (TPSA) is 26.0 Å². The van der Waals surface area contributed by atoms with Gasteiger partial charge in [0.1, 0.15) is 0 Å². The van der Waals surface area contributed by atoms with E-state index in [1.807, 2.05) is 12.1 Å². The predicted molar refractivity (Wildman–Crippen MR) is 74.3 cm³/mol. The molecule has 0 aliphatic heterocycles. The van der Waals surface area contributed by atoms with Gasteiger partial charge in [0.25, 0.3) is 0 Å². The Morgan fingerprint density at radius 3 is 2.47 bits per heavy atom. The molecule has 0 spiro atoms. The van der Waals surface area contributed by atoms with Crippen LogP contribution in [0, 0.1) is 5.92 Å². The molecule has 0 aromatic heterocycles. The third-order valence-corrected chi connectivity index (χ3v) is 4.08. The van der Waals surface area contributed by atoms with Gasteiger partial charge >= 0.3 is 0 Å². The third kappa shape index (κ3) is 4.33. The van der Waals surface area contributed by atoms with Crippen LogP contribution in [0.4, 0.5) is 0 Å². The highest BCUT2D eigenvalue weighted by atomic mass is 35.5. The molecule has 0 heterocycles. The largest absolute Gasteiger partial charge is 0.327 e. The van der Waals surface area contributed by atoms with Crippen molar-refractivity contribution >= 4 is 11.6 Å². The summed E-state index contributed by atoms with van der Waals surface area (Å²) in [5, 5.41) is 0.799. The van der Waals surface area contributed by atoms with E-state index in [4.69, 9.17) is 17.3 Å². The summed E-state index contributed by atoms with van der Waals surface area (Å²) in [5.74, 6) is 0.950. The maximum Gasteiger partial charge on any atom is 0.0406 e. The summed E-state index contributed by atoms with van der Waals surface area (Å²) in [7, 11) is 0. The Labute approximate surface area is 109 Å². The molecule has 2 rings (SSSR count). The van der Waals surface area contributed by atoms with Crippen molar-refractivity contribution in [3.05, 3.63) is 34.9 Å². The first-order chi connectivity index (χ1) is 8.24. The van der Waals surface area contributed by atoms with Crippen molar-refractivity contribution < 1.29 is 0 Å². The number of halogens is 1. The van der Waals surface area contributed by atoms with Crippen LogP contribution in [-0.4, -0.2) is 6.04 Å². The molecule has 2 heteroatoms. The first-order valence-electron chi connectivity index (χ1n) is 6.74. The first kappa shape index (κ1) is 12.9. The molecule has 1 aliphatic carbocycles. The minimum Gasteiger partial charge on any atom is -0.327 e. The Morgan fingerprint density at radius 2 is 1.82 bits per heavy atom. The van der Waals surface area contributed by atoms with Crippen LogP contribution in [0.25, 0.3) is 0 Å². The zero-order valence-corrected chi connectivity index (χ0v) is 11.1. The van der Waals surface area contributed by atoms with Gasteiger partial charge in [-0.3, -0.25) is 0 Å². The van der Waals surface area contributed by atoms with Crippen molar-refractivity contribution in [1.29, 1.82) is 0 Å². The number of rotatable bonds is 5. The quantitative estimate of drug-likeness (QED) is 0.835. The number of benzene rings is 1. The highest BCUT2D eigenvalue weighted by Gasteiger charge is 2.16. The zero-order valence-electron chi connectivity index (χ0n) is 10.4. The Hall–Kier alpha value is -0.530. The van der Waals surface area contributed by atoms with E-state index >= 15 is 0 Å². The van der Waals surface area contributed by atoms with Crippen molar-refractivity contribution in [3.63, 3.8) is 0 Å². The van der Waals surface area contributed by atoms with Gasteiger partial charge in [-0.1, -0.05) is 49.4 Å². The zero-order chi connectivity index (χ0) is 12.1. The Kier molecular flexibility index (Phi) is 4.87. The summed E-state index contributed by atoms with van der Waals surface area (Å²) < 4.78 is 0. The van der Waals surface area contributed by atoms with E-state index in [1.54, 1.807) is 0 Å². The molecular formula is C15H22ClN. The molecule has 1 saturated carbocycles. The fourth-order valence-electron chi connectivity index (χ4n) is 2.77. The Morgan fingerprint density at radius 1 is 1.18 bits per heavy atom. The lowest BCUT2D eigenvalue weighted by molar-refractivity contribution is 0.447. The molecule has 1 aliphatic rings. The Balaban J connectivity index is 1.72. The van der Waals surface area contributed by atoms with Crippen LogP contribution in [0.15, 0.2) is 24.3 Å². The summed E-state index contributed by atoms with van der Waals surface area (Å²) in [6, 6.07) is 8.35. The smallest absolute Gasteiger partial charge is 0.0406 e. The summed E-state index contributed by atoms with van der Waals surface area (Å²) in [5.41, 5.74) is 7.49. The normalized spacial score (nSPS) is 18.5. The second-order valence-electron chi connectivity index (χ2n) is 5.32. The number of hydrogen-bond donors (Lipinski definition) is 1. The second kappa shape index (κ2) is 6.42. The summed E-state index contributed by atoms with van der Waals surface area (Å²) >= 11 is 5.86. The Bertz CT molecular complexity index is 327. The van der Waals surface area contributed by atoms with E-state index in [0.29, 0.717) is 6.04 Å². The number of nitrogens with two attached hydrogens (primary N) is 1. The SMILES string of the molecule is NC(CCC1CCCC1)Cc1ccc(Cl)cc1. The third-order valence-electron chi connectivity index (χ3n) is 3.83. The van der Waals surface area contributed by atoms with Crippen molar-refractivity contribution in [1.82, 2.24) is 0 Å². The van der Waals surface area contributed by atoms with Crippen LogP contribution in [0.5, 0.6) is 0 Å². The van der Waals surface area contributed by atoms with E-state index in [1.165, 1.54) is 37.7 Å². The molecule has 1 fully saturated rings. The molecule has 0 saturated heterocycles. The lowest BCUT2D eigenvalue weighted by Gasteiger charge is -2.14. The molecule has 17 heavy (non-hydrogen) atoms. The van der Waals surface area contributed by atoms with E-state index in [9.17, 15) is 0 Å². The fourth-order valence-corrected chi connectivity index (χ4v) is 2.90. The molecule has 0 bridgehead atoms. The molecule has 1 nitrogen and oxygen atoms in total. The molecule has 94 valence electrons. The average molecular weight is 252 g/mol. The van der Waals surface area contributed by atoms with Crippen molar-refractivity contribution in [2.45, 2.75) is 51.0 Å². The van der Waals surface area contributed by atoms with Gasteiger partial charge in [0.05, 0.1) is 0 Å². The molecule has 1 unspecified atom stereocenters. The van der Waals surface area contributed by atoms with Gasteiger partial charge in [-0.05, 0) is 42.9 Å². The number of hydrogen-bond acceptors (Lipinski definition) is 1. The second-order valence-corrected chi connectivity index (χ2v) is 5.75. The van der Waals surface area contributed by atoms with Gasteiger partial charge in [-0.25, -0.2) is 0 Å². The van der Waals surface area contributed by atoms with Gasteiger partial charge in [-0.2, -0.15) is 0 Å².